The van der Waals surface area contributed by atoms with Crippen LogP contribution in [-0.2, 0) is 16.0 Å². The Bertz CT molecular complexity index is 1380. The molecule has 1 fully saturated rings. The molecule has 1 aliphatic rings. The number of pyridine rings is 1. The van der Waals surface area contributed by atoms with Crippen LogP contribution in [0.5, 0.6) is 11.5 Å². The summed E-state index contributed by atoms with van der Waals surface area (Å²) in [6.45, 7) is 1.97. The number of aromatic nitrogens is 1. The van der Waals surface area contributed by atoms with Gasteiger partial charge in [-0.3, -0.25) is 14.5 Å². The van der Waals surface area contributed by atoms with Crippen molar-refractivity contribution in [3.8, 4) is 11.5 Å². The maximum Gasteiger partial charge on any atom is 0.239 e. The first-order valence-electron chi connectivity index (χ1n) is 13.1. The average molecular weight is 583 g/mol. The number of rotatable bonds is 9. The van der Waals surface area contributed by atoms with Crippen LogP contribution < -0.4 is 20.7 Å². The number of thiocarbonyl (C=S) groups is 1. The number of carbonyl (C=O) groups excluding carboxylic acids is 2. The van der Waals surface area contributed by atoms with Crippen molar-refractivity contribution in [2.24, 2.45) is 0 Å². The van der Waals surface area contributed by atoms with Crippen LogP contribution in [0.25, 0.3) is 0 Å². The van der Waals surface area contributed by atoms with Crippen molar-refractivity contribution in [3.63, 3.8) is 0 Å². The Balaban J connectivity index is 1.26. The van der Waals surface area contributed by atoms with Gasteiger partial charge in [-0.2, -0.15) is 0 Å². The van der Waals surface area contributed by atoms with Crippen LogP contribution in [0.3, 0.4) is 0 Å². The highest BCUT2D eigenvalue weighted by molar-refractivity contribution is 7.80. The molecule has 0 aliphatic carbocycles. The van der Waals surface area contributed by atoms with E-state index in [4.69, 9.17) is 17.0 Å². The Morgan fingerprint density at radius 2 is 1.76 bits per heavy atom. The number of anilines is 2. The summed E-state index contributed by atoms with van der Waals surface area (Å²) in [7, 11) is 4.14. The number of benzene rings is 2. The van der Waals surface area contributed by atoms with Gasteiger partial charge in [0, 0.05) is 43.1 Å². The van der Waals surface area contributed by atoms with Gasteiger partial charge in [0.05, 0.1) is 13.0 Å². The summed E-state index contributed by atoms with van der Waals surface area (Å²) in [5, 5.41) is 8.02. The zero-order valence-electron chi connectivity index (χ0n) is 22.8. The highest BCUT2D eigenvalue weighted by Gasteiger charge is 2.22. The van der Waals surface area contributed by atoms with Crippen molar-refractivity contribution in [1.29, 1.82) is 0 Å². The van der Waals surface area contributed by atoms with E-state index in [9.17, 15) is 18.4 Å². The minimum absolute atomic E-state index is 0.00701. The number of hydrogen-bond donors (Lipinski definition) is 3. The Morgan fingerprint density at radius 1 is 1.02 bits per heavy atom. The minimum atomic E-state index is -0.668. The Hall–Kier alpha value is -4.00. The fourth-order valence-corrected chi connectivity index (χ4v) is 4.66. The van der Waals surface area contributed by atoms with E-state index < -0.39 is 11.7 Å². The van der Waals surface area contributed by atoms with Crippen molar-refractivity contribution in [2.75, 3.05) is 44.4 Å². The van der Waals surface area contributed by atoms with Gasteiger partial charge in [0.15, 0.2) is 16.7 Å². The molecule has 1 saturated heterocycles. The quantitative estimate of drug-likeness (QED) is 0.324. The van der Waals surface area contributed by atoms with Crippen LogP contribution in [0, 0.1) is 11.6 Å². The number of ether oxygens (including phenoxy) is 1. The van der Waals surface area contributed by atoms with E-state index >= 15 is 0 Å². The summed E-state index contributed by atoms with van der Waals surface area (Å²) in [5.41, 5.74) is 0.928. The van der Waals surface area contributed by atoms with Gasteiger partial charge in [0.2, 0.25) is 11.8 Å². The van der Waals surface area contributed by atoms with Crippen molar-refractivity contribution in [2.45, 2.75) is 25.3 Å². The van der Waals surface area contributed by atoms with E-state index in [-0.39, 0.29) is 35.6 Å². The predicted octanol–water partition coefficient (Wildman–Crippen LogP) is 4.17. The Kier molecular flexibility index (Phi) is 10.3. The SMILES string of the molecule is CN(C)C1CCN(CC(=O)Nc2cc(Oc3ccc(NC(=S)NC(=O)Cc4ccc(F)cc4)cc3F)ccn2)CC1. The van der Waals surface area contributed by atoms with E-state index in [1.165, 1.54) is 48.7 Å². The summed E-state index contributed by atoms with van der Waals surface area (Å²) in [5.74, 6) is -1.09. The molecule has 2 amide bonds. The summed E-state index contributed by atoms with van der Waals surface area (Å²) in [6.07, 6.45) is 3.50. The molecule has 41 heavy (non-hydrogen) atoms. The number of likely N-dealkylation sites (tertiary alicyclic amines) is 1. The Labute approximate surface area is 242 Å². The molecule has 2 heterocycles. The first-order valence-corrected chi connectivity index (χ1v) is 13.5. The molecule has 2 aromatic carbocycles. The van der Waals surface area contributed by atoms with Crippen LogP contribution in [0.1, 0.15) is 18.4 Å². The number of halogens is 2. The number of nitrogens with one attached hydrogen (secondary N) is 3. The second-order valence-corrected chi connectivity index (χ2v) is 10.4. The Morgan fingerprint density at radius 3 is 2.44 bits per heavy atom. The number of carbonyl (C=O) groups is 2. The minimum Gasteiger partial charge on any atom is -0.454 e. The van der Waals surface area contributed by atoms with E-state index in [0.29, 0.717) is 28.9 Å². The van der Waals surface area contributed by atoms with E-state index in [0.717, 1.165) is 25.9 Å². The lowest BCUT2D eigenvalue weighted by Gasteiger charge is -2.34. The molecule has 12 heteroatoms. The van der Waals surface area contributed by atoms with E-state index in [1.54, 1.807) is 12.1 Å². The van der Waals surface area contributed by atoms with Crippen LogP contribution in [-0.4, -0.2) is 71.5 Å². The molecule has 1 aromatic heterocycles. The van der Waals surface area contributed by atoms with Crippen LogP contribution in [0.15, 0.2) is 60.8 Å². The van der Waals surface area contributed by atoms with Gasteiger partial charge in [0.1, 0.15) is 17.4 Å². The zero-order chi connectivity index (χ0) is 29.4. The molecule has 3 N–H and O–H groups in total. The van der Waals surface area contributed by atoms with Gasteiger partial charge in [0.25, 0.3) is 0 Å². The number of hydrogen-bond acceptors (Lipinski definition) is 7. The number of piperidine rings is 1. The summed E-state index contributed by atoms with van der Waals surface area (Å²) in [6, 6.07) is 13.3. The molecule has 0 unspecified atom stereocenters. The molecule has 0 spiro atoms. The van der Waals surface area contributed by atoms with Crippen molar-refractivity contribution >= 4 is 40.6 Å². The summed E-state index contributed by atoms with van der Waals surface area (Å²) < 4.78 is 33.5. The molecule has 0 saturated carbocycles. The molecule has 3 aromatic rings. The first-order chi connectivity index (χ1) is 19.6. The van der Waals surface area contributed by atoms with Gasteiger partial charge in [-0.1, -0.05) is 12.1 Å². The van der Waals surface area contributed by atoms with E-state index in [2.05, 4.69) is 44.8 Å². The van der Waals surface area contributed by atoms with Gasteiger partial charge >= 0.3 is 0 Å². The lowest BCUT2D eigenvalue weighted by Crippen LogP contribution is -2.44. The summed E-state index contributed by atoms with van der Waals surface area (Å²) >= 11 is 5.14. The fraction of sp³-hybridized carbons (Fsp3) is 0.310. The molecular formula is C29H32F2N6O3S. The van der Waals surface area contributed by atoms with Gasteiger partial charge < -0.3 is 25.6 Å². The molecular weight excluding hydrogens is 550 g/mol. The average Bonchev–Trinajstić information content (AvgIpc) is 2.92. The molecule has 9 nitrogen and oxygen atoms in total. The number of nitrogens with zero attached hydrogens (tertiary/aromatic N) is 3. The maximum absolute atomic E-state index is 14.8. The van der Waals surface area contributed by atoms with Gasteiger partial charge in [-0.15, -0.1) is 0 Å². The fourth-order valence-electron chi connectivity index (χ4n) is 4.43. The van der Waals surface area contributed by atoms with Gasteiger partial charge in [-0.25, -0.2) is 13.8 Å². The monoisotopic (exact) mass is 582 g/mol. The van der Waals surface area contributed by atoms with Crippen molar-refractivity contribution < 1.29 is 23.1 Å². The first kappa shape index (κ1) is 30.0. The summed E-state index contributed by atoms with van der Waals surface area (Å²) in [4.78, 5) is 33.2. The standard InChI is InChI=1S/C29H32F2N6O3S/c1-36(2)22-10-13-37(14-11-22)18-28(39)34-26-17-23(9-12-32-26)40-25-8-7-21(16-24(25)31)33-29(41)35-27(38)15-19-3-5-20(30)6-4-19/h3-9,12,16-17,22H,10-11,13-15,18H2,1-2H3,(H,32,34,39)(H2,33,35,38,41). The second-order valence-electron chi connectivity index (χ2n) is 9.95. The van der Waals surface area contributed by atoms with Crippen LogP contribution in [0.2, 0.25) is 0 Å². The highest BCUT2D eigenvalue weighted by Crippen LogP contribution is 2.27. The predicted molar refractivity (Wildman–Crippen MR) is 157 cm³/mol. The molecule has 0 atom stereocenters. The lowest BCUT2D eigenvalue weighted by molar-refractivity contribution is -0.119. The van der Waals surface area contributed by atoms with Crippen LogP contribution in [0.4, 0.5) is 20.3 Å². The molecule has 4 rings (SSSR count). The molecule has 0 radical (unpaired) electrons. The van der Waals surface area contributed by atoms with Gasteiger partial charge in [-0.05, 0) is 75.1 Å². The maximum atomic E-state index is 14.8. The normalized spacial score (nSPS) is 14.0. The molecule has 0 bridgehead atoms. The number of amides is 2. The topological polar surface area (TPSA) is 98.8 Å². The zero-order valence-corrected chi connectivity index (χ0v) is 23.6. The second kappa shape index (κ2) is 14.1. The third-order valence-electron chi connectivity index (χ3n) is 6.60. The third-order valence-corrected chi connectivity index (χ3v) is 6.81. The van der Waals surface area contributed by atoms with Crippen molar-refractivity contribution in [1.82, 2.24) is 20.1 Å². The van der Waals surface area contributed by atoms with E-state index in [1.807, 2.05) is 0 Å². The highest BCUT2D eigenvalue weighted by atomic mass is 32.1. The largest absolute Gasteiger partial charge is 0.454 e. The third kappa shape index (κ3) is 9.27. The molecule has 216 valence electrons. The van der Waals surface area contributed by atoms with Crippen LogP contribution >= 0.6 is 12.2 Å². The van der Waals surface area contributed by atoms with Crippen molar-refractivity contribution in [3.05, 3.63) is 78.0 Å². The molecule has 1 aliphatic heterocycles. The lowest BCUT2D eigenvalue weighted by atomic mass is 10.0. The smallest absolute Gasteiger partial charge is 0.239 e.